The predicted molar refractivity (Wildman–Crippen MR) is 113 cm³/mol. The fourth-order valence-electron chi connectivity index (χ4n) is 3.45. The molecule has 4 heteroatoms. The van der Waals surface area contributed by atoms with Gasteiger partial charge in [-0.15, -0.1) is 0 Å². The van der Waals surface area contributed by atoms with Crippen molar-refractivity contribution in [2.45, 2.75) is 12.8 Å². The van der Waals surface area contributed by atoms with E-state index in [4.69, 9.17) is 9.97 Å². The molecule has 134 valence electrons. The minimum absolute atomic E-state index is 0.614. The lowest BCUT2D eigenvalue weighted by molar-refractivity contribution is 1.00. The zero-order valence-electron chi connectivity index (χ0n) is 15.3. The van der Waals surface area contributed by atoms with E-state index in [0.717, 1.165) is 45.0 Å². The number of aromatic nitrogens is 2. The number of rotatable bonds is 2. The lowest BCUT2D eigenvalue weighted by Gasteiger charge is -2.15. The van der Waals surface area contributed by atoms with Crippen molar-refractivity contribution in [3.8, 4) is 0 Å². The monoisotopic (exact) mass is 362 g/mol. The molecule has 0 amide bonds. The van der Waals surface area contributed by atoms with E-state index >= 15 is 0 Å². The second-order valence-electron chi connectivity index (χ2n) is 6.78. The number of nitrogens with zero attached hydrogens (tertiary/aromatic N) is 4. The lowest BCUT2D eigenvalue weighted by Crippen LogP contribution is -2.17. The van der Waals surface area contributed by atoms with E-state index in [0.29, 0.717) is 12.8 Å². The molecule has 28 heavy (non-hydrogen) atoms. The molecule has 0 fully saturated rings. The third-order valence-electron chi connectivity index (χ3n) is 4.90. The van der Waals surface area contributed by atoms with Gasteiger partial charge in [-0.05, 0) is 23.3 Å². The SMILES string of the molecule is c1ccc(C2=NN=C(c3ccccc3)Cc3nc4ccccc4nc3C2)cc1. The lowest BCUT2D eigenvalue weighted by atomic mass is 9.99. The Balaban J connectivity index is 1.70. The maximum absolute atomic E-state index is 4.92. The highest BCUT2D eigenvalue weighted by atomic mass is 15.2. The van der Waals surface area contributed by atoms with Crippen LogP contribution in [0.2, 0.25) is 0 Å². The molecule has 2 heterocycles. The van der Waals surface area contributed by atoms with Crippen LogP contribution < -0.4 is 0 Å². The van der Waals surface area contributed by atoms with Crippen LogP contribution in [0.3, 0.4) is 0 Å². The van der Waals surface area contributed by atoms with Gasteiger partial charge < -0.3 is 0 Å². The molecule has 0 saturated heterocycles. The summed E-state index contributed by atoms with van der Waals surface area (Å²) < 4.78 is 0. The number of benzene rings is 3. The first kappa shape index (κ1) is 16.5. The number of hydrogen-bond acceptors (Lipinski definition) is 4. The summed E-state index contributed by atoms with van der Waals surface area (Å²) in [6, 6.07) is 28.3. The molecule has 0 radical (unpaired) electrons. The Bertz CT molecular complexity index is 1100. The average Bonchev–Trinajstić information content (AvgIpc) is 2.75. The zero-order chi connectivity index (χ0) is 18.8. The molecule has 0 bridgehead atoms. The summed E-state index contributed by atoms with van der Waals surface area (Å²) in [5.41, 5.74) is 7.66. The van der Waals surface area contributed by atoms with Gasteiger partial charge in [-0.3, -0.25) is 0 Å². The summed E-state index contributed by atoms with van der Waals surface area (Å²) in [7, 11) is 0. The Morgan fingerprint density at radius 2 is 0.857 bits per heavy atom. The molecule has 4 nitrogen and oxygen atoms in total. The van der Waals surface area contributed by atoms with Crippen LogP contribution in [0.15, 0.2) is 95.1 Å². The smallest absolute Gasteiger partial charge is 0.0890 e. The molecule has 3 aromatic carbocycles. The molecule has 1 aliphatic heterocycles. The highest BCUT2D eigenvalue weighted by Gasteiger charge is 2.18. The first-order valence-electron chi connectivity index (χ1n) is 9.35. The molecule has 0 atom stereocenters. The molecule has 0 aliphatic carbocycles. The van der Waals surface area contributed by atoms with Gasteiger partial charge in [0.05, 0.1) is 33.8 Å². The van der Waals surface area contributed by atoms with Gasteiger partial charge in [-0.25, -0.2) is 9.97 Å². The van der Waals surface area contributed by atoms with Crippen LogP contribution >= 0.6 is 0 Å². The largest absolute Gasteiger partial charge is 0.249 e. The van der Waals surface area contributed by atoms with Crippen LogP contribution in [0.5, 0.6) is 0 Å². The van der Waals surface area contributed by atoms with Crippen molar-refractivity contribution >= 4 is 22.5 Å². The summed E-state index contributed by atoms with van der Waals surface area (Å²) in [6.07, 6.45) is 1.23. The quantitative estimate of drug-likeness (QED) is 0.522. The first-order chi connectivity index (χ1) is 13.9. The van der Waals surface area contributed by atoms with E-state index in [2.05, 4.69) is 34.5 Å². The summed E-state index contributed by atoms with van der Waals surface area (Å²) in [6.45, 7) is 0. The fourth-order valence-corrected chi connectivity index (χ4v) is 3.45. The standard InChI is InChI=1S/C24H18N4/c1-3-9-17(10-4-1)21-15-23-24(26-20-14-8-7-13-19(20)25-23)16-22(28-27-21)18-11-5-2-6-12-18/h1-14H,15-16H2. The van der Waals surface area contributed by atoms with Gasteiger partial charge in [-0.1, -0.05) is 72.8 Å². The maximum atomic E-state index is 4.92. The van der Waals surface area contributed by atoms with Gasteiger partial charge in [0.1, 0.15) is 0 Å². The second-order valence-corrected chi connectivity index (χ2v) is 6.78. The van der Waals surface area contributed by atoms with E-state index in [-0.39, 0.29) is 0 Å². The highest BCUT2D eigenvalue weighted by Crippen LogP contribution is 2.20. The van der Waals surface area contributed by atoms with E-state index in [9.17, 15) is 0 Å². The van der Waals surface area contributed by atoms with Gasteiger partial charge in [0, 0.05) is 12.8 Å². The minimum Gasteiger partial charge on any atom is -0.249 e. The molecule has 0 N–H and O–H groups in total. The van der Waals surface area contributed by atoms with Gasteiger partial charge in [0.2, 0.25) is 0 Å². The van der Waals surface area contributed by atoms with E-state index in [1.54, 1.807) is 0 Å². The van der Waals surface area contributed by atoms with Crippen molar-refractivity contribution < 1.29 is 0 Å². The third kappa shape index (κ3) is 3.21. The van der Waals surface area contributed by atoms with E-state index < -0.39 is 0 Å². The van der Waals surface area contributed by atoms with Gasteiger partial charge in [-0.2, -0.15) is 10.2 Å². The van der Waals surface area contributed by atoms with Gasteiger partial charge in [0.25, 0.3) is 0 Å². The number of hydrogen-bond donors (Lipinski definition) is 0. The third-order valence-corrected chi connectivity index (χ3v) is 4.90. The van der Waals surface area contributed by atoms with Crippen molar-refractivity contribution in [1.29, 1.82) is 0 Å². The van der Waals surface area contributed by atoms with Gasteiger partial charge >= 0.3 is 0 Å². The van der Waals surface area contributed by atoms with Crippen LogP contribution in [0.1, 0.15) is 22.5 Å². The second kappa shape index (κ2) is 7.16. The van der Waals surface area contributed by atoms with Crippen LogP contribution in [0.4, 0.5) is 0 Å². The van der Waals surface area contributed by atoms with Crippen molar-refractivity contribution in [1.82, 2.24) is 9.97 Å². The number of para-hydroxylation sites is 2. The first-order valence-corrected chi connectivity index (χ1v) is 9.35. The molecular weight excluding hydrogens is 344 g/mol. The fraction of sp³-hybridized carbons (Fsp3) is 0.0833. The van der Waals surface area contributed by atoms with E-state index in [1.165, 1.54) is 0 Å². The van der Waals surface area contributed by atoms with Gasteiger partial charge in [0.15, 0.2) is 0 Å². The maximum Gasteiger partial charge on any atom is 0.0890 e. The molecular formula is C24H18N4. The Kier molecular flexibility index (Phi) is 4.22. The molecule has 5 rings (SSSR count). The Morgan fingerprint density at radius 1 is 0.464 bits per heavy atom. The summed E-state index contributed by atoms with van der Waals surface area (Å²) in [5.74, 6) is 0. The van der Waals surface area contributed by atoms with Crippen molar-refractivity contribution in [3.05, 3.63) is 107 Å². The Labute approximate surface area is 163 Å². The summed E-state index contributed by atoms with van der Waals surface area (Å²) >= 11 is 0. The van der Waals surface area contributed by atoms with Crippen molar-refractivity contribution in [2.75, 3.05) is 0 Å². The normalized spacial score (nSPS) is 13.9. The Morgan fingerprint density at radius 3 is 1.29 bits per heavy atom. The van der Waals surface area contributed by atoms with Crippen molar-refractivity contribution in [3.63, 3.8) is 0 Å². The molecule has 0 saturated carbocycles. The molecule has 0 unspecified atom stereocenters. The van der Waals surface area contributed by atoms with Crippen LogP contribution in [-0.2, 0) is 12.8 Å². The molecule has 0 spiro atoms. The van der Waals surface area contributed by atoms with Crippen LogP contribution in [0.25, 0.3) is 11.0 Å². The summed E-state index contributed by atoms with van der Waals surface area (Å²) in [5, 5.41) is 9.25. The molecule has 1 aromatic heterocycles. The topological polar surface area (TPSA) is 50.5 Å². The number of fused-ring (bicyclic) bond motifs is 2. The Hall–Kier alpha value is -3.66. The summed E-state index contributed by atoms with van der Waals surface area (Å²) in [4.78, 5) is 9.85. The molecule has 4 aromatic rings. The van der Waals surface area contributed by atoms with Crippen molar-refractivity contribution in [2.24, 2.45) is 10.2 Å². The predicted octanol–water partition coefficient (Wildman–Crippen LogP) is 4.62. The molecule has 1 aliphatic rings. The minimum atomic E-state index is 0.614. The van der Waals surface area contributed by atoms with Crippen LogP contribution in [0, 0.1) is 0 Å². The van der Waals surface area contributed by atoms with E-state index in [1.807, 2.05) is 60.7 Å². The average molecular weight is 362 g/mol. The van der Waals surface area contributed by atoms with Crippen LogP contribution in [-0.4, -0.2) is 21.4 Å². The zero-order valence-corrected chi connectivity index (χ0v) is 15.3. The highest BCUT2D eigenvalue weighted by molar-refractivity contribution is 6.06.